The van der Waals surface area contributed by atoms with Crippen molar-refractivity contribution in [1.29, 1.82) is 0 Å². The monoisotopic (exact) mass is 425 g/mol. The quantitative estimate of drug-likeness (QED) is 0.459. The van der Waals surface area contributed by atoms with Gasteiger partial charge in [-0.1, -0.05) is 23.7 Å². The molecule has 0 saturated heterocycles. The molecule has 6 heteroatoms. The first-order chi connectivity index (χ1) is 14.6. The molecule has 0 aliphatic rings. The van der Waals surface area contributed by atoms with Crippen LogP contribution in [0.5, 0.6) is 17.2 Å². The number of hydrogen-bond acceptors (Lipinski definition) is 4. The van der Waals surface area contributed by atoms with Gasteiger partial charge in [-0.25, -0.2) is 0 Å². The van der Waals surface area contributed by atoms with E-state index in [2.05, 4.69) is 5.32 Å². The number of halogens is 1. The lowest BCUT2D eigenvalue weighted by Crippen LogP contribution is -2.13. The van der Waals surface area contributed by atoms with E-state index in [0.717, 1.165) is 11.3 Å². The van der Waals surface area contributed by atoms with Crippen molar-refractivity contribution in [2.24, 2.45) is 0 Å². The van der Waals surface area contributed by atoms with Crippen LogP contribution < -0.4 is 19.5 Å². The molecule has 0 spiro atoms. The average molecular weight is 426 g/mol. The fraction of sp³-hybridized carbons (Fsp3) is 0.208. The zero-order valence-corrected chi connectivity index (χ0v) is 17.7. The summed E-state index contributed by atoms with van der Waals surface area (Å²) in [5.41, 5.74) is 1.95. The Hall–Kier alpha value is -3.18. The molecule has 5 nitrogen and oxygen atoms in total. The van der Waals surface area contributed by atoms with Crippen LogP contribution in [0.4, 0.5) is 5.69 Å². The topological polar surface area (TPSA) is 56.8 Å². The molecule has 0 aliphatic carbocycles. The van der Waals surface area contributed by atoms with Crippen LogP contribution in [-0.4, -0.2) is 19.1 Å². The van der Waals surface area contributed by atoms with Crippen LogP contribution in [0.25, 0.3) is 0 Å². The van der Waals surface area contributed by atoms with Gasteiger partial charge in [0.1, 0.15) is 23.9 Å². The van der Waals surface area contributed by atoms with Gasteiger partial charge in [0.2, 0.25) is 0 Å². The summed E-state index contributed by atoms with van der Waals surface area (Å²) in [4.78, 5) is 12.7. The molecule has 3 aromatic carbocycles. The van der Waals surface area contributed by atoms with Crippen molar-refractivity contribution in [3.05, 3.63) is 82.9 Å². The van der Waals surface area contributed by atoms with Gasteiger partial charge in [0.25, 0.3) is 5.91 Å². The van der Waals surface area contributed by atoms with Crippen LogP contribution >= 0.6 is 11.6 Å². The third-order valence-corrected chi connectivity index (χ3v) is 4.58. The summed E-state index contributed by atoms with van der Waals surface area (Å²) in [5, 5.41) is 3.42. The highest BCUT2D eigenvalue weighted by Gasteiger charge is 2.12. The van der Waals surface area contributed by atoms with Crippen LogP contribution in [-0.2, 0) is 6.61 Å². The van der Waals surface area contributed by atoms with Crippen LogP contribution in [0.1, 0.15) is 29.8 Å². The molecule has 0 unspecified atom stereocenters. The molecule has 1 amide bonds. The van der Waals surface area contributed by atoms with Gasteiger partial charge in [0.15, 0.2) is 0 Å². The molecular formula is C24H24ClNO4. The Morgan fingerprint density at radius 1 is 0.867 bits per heavy atom. The van der Waals surface area contributed by atoms with E-state index in [1.165, 1.54) is 0 Å². The SMILES string of the molecule is CCOc1ccc(NC(=O)c2ccc(OCC)c(COc3ccccc3Cl)c2)cc1. The summed E-state index contributed by atoms with van der Waals surface area (Å²) >= 11 is 6.16. The normalized spacial score (nSPS) is 10.4. The number of amides is 1. The largest absolute Gasteiger partial charge is 0.494 e. The average Bonchev–Trinajstić information content (AvgIpc) is 2.75. The maximum absolute atomic E-state index is 12.7. The lowest BCUT2D eigenvalue weighted by Gasteiger charge is -2.14. The standard InChI is InChI=1S/C24H24ClNO4/c1-3-28-20-12-10-19(11-13-20)26-24(27)17-9-14-22(29-4-2)18(15-17)16-30-23-8-6-5-7-21(23)25/h5-15H,3-4,16H2,1-2H3,(H,26,27). The fourth-order valence-corrected chi connectivity index (χ4v) is 3.04. The van der Waals surface area contributed by atoms with E-state index >= 15 is 0 Å². The smallest absolute Gasteiger partial charge is 0.255 e. The summed E-state index contributed by atoms with van der Waals surface area (Å²) in [6.45, 7) is 5.16. The molecule has 3 aromatic rings. The van der Waals surface area contributed by atoms with Crippen molar-refractivity contribution in [3.8, 4) is 17.2 Å². The Labute approximate surface area is 181 Å². The number of hydrogen-bond donors (Lipinski definition) is 1. The number of rotatable bonds is 9. The summed E-state index contributed by atoms with van der Waals surface area (Å²) in [6, 6.07) is 19.8. The zero-order chi connectivity index (χ0) is 21.3. The molecule has 0 fully saturated rings. The van der Waals surface area contributed by atoms with E-state index in [4.69, 9.17) is 25.8 Å². The second-order valence-electron chi connectivity index (χ2n) is 6.39. The molecular weight excluding hydrogens is 402 g/mol. The lowest BCUT2D eigenvalue weighted by atomic mass is 10.1. The zero-order valence-electron chi connectivity index (χ0n) is 17.0. The van der Waals surface area contributed by atoms with Crippen molar-refractivity contribution in [2.45, 2.75) is 20.5 Å². The minimum absolute atomic E-state index is 0.221. The highest BCUT2D eigenvalue weighted by atomic mass is 35.5. The number of carbonyl (C=O) groups is 1. The van der Waals surface area contributed by atoms with Crippen molar-refractivity contribution in [1.82, 2.24) is 0 Å². The molecule has 0 heterocycles. The highest BCUT2D eigenvalue weighted by Crippen LogP contribution is 2.27. The van der Waals surface area contributed by atoms with Gasteiger partial charge in [-0.05, 0) is 68.4 Å². The molecule has 30 heavy (non-hydrogen) atoms. The number of ether oxygens (including phenoxy) is 3. The second-order valence-corrected chi connectivity index (χ2v) is 6.79. The number of benzene rings is 3. The van der Waals surface area contributed by atoms with Gasteiger partial charge in [-0.3, -0.25) is 4.79 Å². The maximum atomic E-state index is 12.7. The minimum atomic E-state index is -0.221. The molecule has 0 aromatic heterocycles. The van der Waals surface area contributed by atoms with Gasteiger partial charge in [0, 0.05) is 16.8 Å². The summed E-state index contributed by atoms with van der Waals surface area (Å²) in [5.74, 6) is 1.78. The maximum Gasteiger partial charge on any atom is 0.255 e. The van der Waals surface area contributed by atoms with Gasteiger partial charge in [-0.15, -0.1) is 0 Å². The number of carbonyl (C=O) groups excluding carboxylic acids is 1. The Morgan fingerprint density at radius 2 is 1.60 bits per heavy atom. The van der Waals surface area contributed by atoms with Crippen molar-refractivity contribution < 1.29 is 19.0 Å². The molecule has 0 aliphatic heterocycles. The second kappa shape index (κ2) is 10.6. The van der Waals surface area contributed by atoms with E-state index in [1.807, 2.05) is 38.1 Å². The molecule has 0 radical (unpaired) electrons. The summed E-state index contributed by atoms with van der Waals surface area (Å²) < 4.78 is 17.0. The predicted octanol–water partition coefficient (Wildman–Crippen LogP) is 5.97. The van der Waals surface area contributed by atoms with Crippen LogP contribution in [0, 0.1) is 0 Å². The molecule has 1 N–H and O–H groups in total. The number of anilines is 1. The molecule has 0 atom stereocenters. The van der Waals surface area contributed by atoms with Crippen LogP contribution in [0.2, 0.25) is 5.02 Å². The van der Waals surface area contributed by atoms with E-state index in [0.29, 0.717) is 41.0 Å². The molecule has 3 rings (SSSR count). The Kier molecular flexibility index (Phi) is 7.57. The van der Waals surface area contributed by atoms with Gasteiger partial charge < -0.3 is 19.5 Å². The van der Waals surface area contributed by atoms with E-state index in [-0.39, 0.29) is 12.5 Å². The van der Waals surface area contributed by atoms with Gasteiger partial charge in [-0.2, -0.15) is 0 Å². The molecule has 0 bridgehead atoms. The third kappa shape index (κ3) is 5.67. The van der Waals surface area contributed by atoms with Crippen LogP contribution in [0.15, 0.2) is 66.7 Å². The predicted molar refractivity (Wildman–Crippen MR) is 119 cm³/mol. The third-order valence-electron chi connectivity index (χ3n) is 4.27. The highest BCUT2D eigenvalue weighted by molar-refractivity contribution is 6.32. The van der Waals surface area contributed by atoms with E-state index in [9.17, 15) is 4.79 Å². The summed E-state index contributed by atoms with van der Waals surface area (Å²) in [7, 11) is 0. The summed E-state index contributed by atoms with van der Waals surface area (Å²) in [6.07, 6.45) is 0. The van der Waals surface area contributed by atoms with Crippen molar-refractivity contribution >= 4 is 23.2 Å². The molecule has 156 valence electrons. The Morgan fingerprint density at radius 3 is 2.30 bits per heavy atom. The molecule has 0 saturated carbocycles. The van der Waals surface area contributed by atoms with Crippen molar-refractivity contribution in [3.63, 3.8) is 0 Å². The first-order valence-electron chi connectivity index (χ1n) is 9.78. The first kappa shape index (κ1) is 21.5. The minimum Gasteiger partial charge on any atom is -0.494 e. The number of para-hydroxylation sites is 1. The van der Waals surface area contributed by atoms with Gasteiger partial charge >= 0.3 is 0 Å². The Bertz CT molecular complexity index is 989. The van der Waals surface area contributed by atoms with Crippen LogP contribution in [0.3, 0.4) is 0 Å². The van der Waals surface area contributed by atoms with E-state index in [1.54, 1.807) is 42.5 Å². The number of nitrogens with one attached hydrogen (secondary N) is 1. The van der Waals surface area contributed by atoms with Gasteiger partial charge in [0.05, 0.1) is 18.2 Å². The van der Waals surface area contributed by atoms with Crippen molar-refractivity contribution in [2.75, 3.05) is 18.5 Å². The Balaban J connectivity index is 1.75. The lowest BCUT2D eigenvalue weighted by molar-refractivity contribution is 0.102. The van der Waals surface area contributed by atoms with E-state index < -0.39 is 0 Å². The first-order valence-corrected chi connectivity index (χ1v) is 10.2. The fourth-order valence-electron chi connectivity index (χ4n) is 2.85.